The maximum Gasteiger partial charge on any atom is 0.310 e. The summed E-state index contributed by atoms with van der Waals surface area (Å²) >= 11 is 0. The largest absolute Gasteiger partial charge is 0.490 e. The number of methoxy groups -OCH3 is 1. The normalized spacial score (nSPS) is 17.4. The van der Waals surface area contributed by atoms with Crippen LogP contribution in [0, 0.1) is 10.1 Å². The molecule has 0 aromatic heterocycles. The number of rotatable bonds is 4. The van der Waals surface area contributed by atoms with Crippen molar-refractivity contribution in [2.45, 2.75) is 6.92 Å². The molecule has 1 heterocycles. The van der Waals surface area contributed by atoms with E-state index < -0.39 is 4.92 Å². The molecule has 0 aliphatic carbocycles. The summed E-state index contributed by atoms with van der Waals surface area (Å²) in [6.45, 7) is 5.54. The summed E-state index contributed by atoms with van der Waals surface area (Å²) in [5, 5.41) is 12.1. The predicted octanol–water partition coefficient (Wildman–Crippen LogP) is 2.05. The lowest BCUT2D eigenvalue weighted by atomic mass is 10.3. The van der Waals surface area contributed by atoms with Crippen molar-refractivity contribution in [3.63, 3.8) is 0 Å². The van der Waals surface area contributed by atoms with Crippen LogP contribution in [0.25, 0.3) is 0 Å². The maximum atomic E-state index is 10.9. The number of hydrogen-bond donors (Lipinski definition) is 0. The molecule has 1 fully saturated rings. The van der Waals surface area contributed by atoms with E-state index in [1.54, 1.807) is 6.07 Å². The lowest BCUT2D eigenvalue weighted by Crippen LogP contribution is -2.35. The molecule has 0 bridgehead atoms. The van der Waals surface area contributed by atoms with Gasteiger partial charge in [-0.2, -0.15) is 0 Å². The zero-order chi connectivity index (χ0) is 13.8. The minimum atomic E-state index is -0.393. The van der Waals surface area contributed by atoms with E-state index in [-0.39, 0.29) is 13.6 Å². The van der Waals surface area contributed by atoms with Crippen LogP contribution in [0.15, 0.2) is 18.2 Å². The van der Waals surface area contributed by atoms with E-state index in [2.05, 4.69) is 11.8 Å². The van der Waals surface area contributed by atoms with Gasteiger partial charge in [0.25, 0.3) is 0 Å². The minimum absolute atomic E-state index is 0.0495. The fraction of sp³-hybridized carbons (Fsp3) is 0.538. The first kappa shape index (κ1) is 14.2. The second-order valence-electron chi connectivity index (χ2n) is 4.53. The number of benzene rings is 1. The number of nitro groups is 1. The summed E-state index contributed by atoms with van der Waals surface area (Å²) in [4.78, 5) is 12.9. The van der Waals surface area contributed by atoms with Crippen LogP contribution < -0.4 is 10.0 Å². The van der Waals surface area contributed by atoms with Crippen molar-refractivity contribution in [1.82, 2.24) is 4.90 Å². The van der Waals surface area contributed by atoms with E-state index in [0.717, 1.165) is 19.6 Å². The van der Waals surface area contributed by atoms with Gasteiger partial charge in [-0.05, 0) is 36.3 Å². The Balaban J connectivity index is 2.15. The Kier molecular flexibility index (Phi) is 4.72. The molecule has 19 heavy (non-hydrogen) atoms. The Labute approximate surface area is 114 Å². The molecule has 1 aromatic rings. The third-order valence-electron chi connectivity index (χ3n) is 3.54. The molecule has 0 atom stereocenters. The van der Waals surface area contributed by atoms with Gasteiger partial charge in [0.15, 0.2) is 5.75 Å². The topological polar surface area (TPSA) is 55.6 Å². The van der Waals surface area contributed by atoms with Gasteiger partial charge in [-0.25, -0.2) is 0 Å². The van der Waals surface area contributed by atoms with E-state index >= 15 is 0 Å². The Morgan fingerprint density at radius 2 is 2.11 bits per heavy atom. The zero-order valence-electron chi connectivity index (χ0n) is 11.3. The molecule has 0 saturated carbocycles. The van der Waals surface area contributed by atoms with Gasteiger partial charge in [0.2, 0.25) is 0 Å². The van der Waals surface area contributed by atoms with Gasteiger partial charge in [-0.15, -0.1) is 0 Å². The molecule has 1 aromatic carbocycles. The van der Waals surface area contributed by atoms with Crippen molar-refractivity contribution in [3.8, 4) is 5.75 Å². The van der Waals surface area contributed by atoms with Crippen molar-refractivity contribution in [3.05, 3.63) is 28.3 Å². The second-order valence-corrected chi connectivity index (χ2v) is 7.03. The van der Waals surface area contributed by atoms with Crippen LogP contribution in [0.3, 0.4) is 0 Å². The molecular weight excluding hydrogens is 263 g/mol. The molecule has 2 rings (SSSR count). The van der Waals surface area contributed by atoms with Gasteiger partial charge in [0.1, 0.15) is 0 Å². The van der Waals surface area contributed by atoms with Crippen LogP contribution in [-0.4, -0.2) is 48.9 Å². The SMILES string of the molecule is CCN1CCP(c2ccc([N+](=O)[O-])c(OC)c2)CC1. The number of hydrogen-bond acceptors (Lipinski definition) is 4. The Morgan fingerprint density at radius 1 is 1.42 bits per heavy atom. The lowest BCUT2D eigenvalue weighted by Gasteiger charge is -2.31. The highest BCUT2D eigenvalue weighted by molar-refractivity contribution is 7.65. The highest BCUT2D eigenvalue weighted by atomic mass is 31.1. The lowest BCUT2D eigenvalue weighted by molar-refractivity contribution is -0.385. The number of nitro benzene ring substituents is 1. The summed E-state index contributed by atoms with van der Waals surface area (Å²) in [6, 6.07) is 5.32. The molecule has 0 spiro atoms. The molecular formula is C13H19N2O3P. The van der Waals surface area contributed by atoms with Crippen molar-refractivity contribution in [2.24, 2.45) is 0 Å². The van der Waals surface area contributed by atoms with Crippen molar-refractivity contribution in [2.75, 3.05) is 39.1 Å². The molecule has 1 aliphatic rings. The van der Waals surface area contributed by atoms with Gasteiger partial charge in [0.05, 0.1) is 12.0 Å². The summed E-state index contributed by atoms with van der Waals surface area (Å²) < 4.78 is 5.14. The molecule has 1 saturated heterocycles. The fourth-order valence-corrected chi connectivity index (χ4v) is 4.71. The number of ether oxygens (including phenoxy) is 1. The van der Waals surface area contributed by atoms with Crippen LogP contribution >= 0.6 is 7.92 Å². The first-order chi connectivity index (χ1) is 9.15. The summed E-state index contributed by atoms with van der Waals surface area (Å²) in [7, 11) is 1.29. The third kappa shape index (κ3) is 3.23. The first-order valence-corrected chi connectivity index (χ1v) is 8.16. The highest BCUT2D eigenvalue weighted by Gasteiger charge is 2.22. The zero-order valence-corrected chi connectivity index (χ0v) is 12.2. The van der Waals surface area contributed by atoms with E-state index in [4.69, 9.17) is 4.74 Å². The van der Waals surface area contributed by atoms with Crippen LogP contribution in [-0.2, 0) is 0 Å². The molecule has 0 amide bonds. The van der Waals surface area contributed by atoms with Crippen LogP contribution in [0.4, 0.5) is 5.69 Å². The summed E-state index contributed by atoms with van der Waals surface area (Å²) in [5.41, 5.74) is 0.0495. The first-order valence-electron chi connectivity index (χ1n) is 6.45. The van der Waals surface area contributed by atoms with Gasteiger partial charge in [0, 0.05) is 19.2 Å². The molecule has 0 radical (unpaired) electrons. The third-order valence-corrected chi connectivity index (χ3v) is 6.03. The Bertz CT molecular complexity index is 459. The molecule has 1 aliphatic heterocycles. The average Bonchev–Trinajstić information content (AvgIpc) is 2.46. The van der Waals surface area contributed by atoms with E-state index in [1.165, 1.54) is 24.7 Å². The smallest absolute Gasteiger partial charge is 0.310 e. The van der Waals surface area contributed by atoms with Gasteiger partial charge < -0.3 is 9.64 Å². The van der Waals surface area contributed by atoms with Crippen molar-refractivity contribution < 1.29 is 9.66 Å². The second kappa shape index (κ2) is 6.31. The van der Waals surface area contributed by atoms with E-state index in [9.17, 15) is 10.1 Å². The standard InChI is InChI=1S/C13H19N2O3P/c1-3-14-6-8-19(9-7-14)11-4-5-12(15(16)17)13(10-11)18-2/h4-5,10H,3,6-9H2,1-2H3. The van der Waals surface area contributed by atoms with Crippen LogP contribution in [0.1, 0.15) is 6.92 Å². The molecule has 104 valence electrons. The Morgan fingerprint density at radius 3 is 2.63 bits per heavy atom. The fourth-order valence-electron chi connectivity index (χ4n) is 2.34. The molecule has 0 N–H and O–H groups in total. The molecule has 5 nitrogen and oxygen atoms in total. The van der Waals surface area contributed by atoms with Gasteiger partial charge in [-0.1, -0.05) is 14.8 Å². The van der Waals surface area contributed by atoms with Crippen LogP contribution in [0.5, 0.6) is 5.75 Å². The number of nitrogens with zero attached hydrogens (tertiary/aromatic N) is 2. The van der Waals surface area contributed by atoms with E-state index in [1.807, 2.05) is 12.1 Å². The minimum Gasteiger partial charge on any atom is -0.490 e. The predicted molar refractivity (Wildman–Crippen MR) is 78.1 cm³/mol. The maximum absolute atomic E-state index is 10.9. The molecule has 0 unspecified atom stereocenters. The Hall–Kier alpha value is -1.19. The van der Waals surface area contributed by atoms with Crippen molar-refractivity contribution >= 4 is 18.9 Å². The monoisotopic (exact) mass is 282 g/mol. The summed E-state index contributed by atoms with van der Waals surface area (Å²) in [6.07, 6.45) is 2.34. The highest BCUT2D eigenvalue weighted by Crippen LogP contribution is 2.39. The quantitative estimate of drug-likeness (QED) is 0.482. The van der Waals surface area contributed by atoms with Gasteiger partial charge in [-0.3, -0.25) is 10.1 Å². The van der Waals surface area contributed by atoms with Crippen molar-refractivity contribution in [1.29, 1.82) is 0 Å². The summed E-state index contributed by atoms with van der Waals surface area (Å²) in [5.74, 6) is 0.378. The van der Waals surface area contributed by atoms with Gasteiger partial charge >= 0.3 is 5.69 Å². The average molecular weight is 282 g/mol. The molecule has 6 heteroatoms. The van der Waals surface area contributed by atoms with E-state index in [0.29, 0.717) is 5.75 Å². The van der Waals surface area contributed by atoms with Crippen LogP contribution in [0.2, 0.25) is 0 Å².